The normalized spacial score (nSPS) is 20.0. The average Bonchev–Trinajstić information content (AvgIpc) is 3.03. The van der Waals surface area contributed by atoms with Crippen molar-refractivity contribution in [3.8, 4) is 5.75 Å². The van der Waals surface area contributed by atoms with Crippen LogP contribution in [-0.4, -0.2) is 35.3 Å². The van der Waals surface area contributed by atoms with E-state index >= 15 is 0 Å². The first-order valence-electron chi connectivity index (χ1n) is 9.68. The molecule has 1 aliphatic carbocycles. The van der Waals surface area contributed by atoms with Crippen LogP contribution in [0.1, 0.15) is 33.6 Å². The Morgan fingerprint density at radius 1 is 1.00 bits per heavy atom. The molecule has 2 atom stereocenters. The van der Waals surface area contributed by atoms with E-state index in [4.69, 9.17) is 4.74 Å². The minimum atomic E-state index is -0.928. The third-order valence-corrected chi connectivity index (χ3v) is 6.00. The predicted octanol–water partition coefficient (Wildman–Crippen LogP) is 3.65. The summed E-state index contributed by atoms with van der Waals surface area (Å²) in [4.78, 5) is 51.3. The van der Waals surface area contributed by atoms with Gasteiger partial charge in [0.15, 0.2) is 12.4 Å². The van der Waals surface area contributed by atoms with Crippen molar-refractivity contribution in [3.63, 3.8) is 0 Å². The van der Waals surface area contributed by atoms with Crippen LogP contribution in [0.5, 0.6) is 5.75 Å². The quantitative estimate of drug-likeness (QED) is 0.301. The highest BCUT2D eigenvalue weighted by atomic mass is 79.9. The van der Waals surface area contributed by atoms with E-state index in [1.165, 1.54) is 18.2 Å². The number of allylic oxidation sites excluding steroid dienone is 2. The lowest BCUT2D eigenvalue weighted by molar-refractivity contribution is -0.122. The number of Topliss-reactive ketones (excluding diaryl/α,β-unsaturated/α-hetero) is 1. The molecule has 2 aliphatic rings. The second kappa shape index (κ2) is 8.47. The number of rotatable bonds is 5. The smallest absolute Gasteiger partial charge is 0.342 e. The molecule has 1 aliphatic heterocycles. The second-order valence-electron chi connectivity index (χ2n) is 7.38. The van der Waals surface area contributed by atoms with Crippen LogP contribution in [-0.2, 0) is 14.3 Å². The van der Waals surface area contributed by atoms with Crippen molar-refractivity contribution in [2.45, 2.75) is 12.8 Å². The molecule has 2 aromatic rings. The summed E-state index contributed by atoms with van der Waals surface area (Å²) in [5, 5.41) is 10.1. The van der Waals surface area contributed by atoms with Crippen LogP contribution in [0, 0.1) is 11.8 Å². The first-order chi connectivity index (χ1) is 14.9. The fraction of sp³-hybridized carbons (Fsp3) is 0.217. The SMILES string of the molecule is O=C(COC(=O)c1cc(N2C(=O)[C@H]3CC=CC[C@H]3C2=O)ccc1O)c1ccc(Br)cc1. The Labute approximate surface area is 186 Å². The zero-order valence-corrected chi connectivity index (χ0v) is 17.9. The number of fused-ring (bicyclic) bond motifs is 1. The van der Waals surface area contributed by atoms with Gasteiger partial charge in [-0.05, 0) is 43.2 Å². The number of ether oxygens (including phenoxy) is 1. The van der Waals surface area contributed by atoms with Gasteiger partial charge in [0.25, 0.3) is 0 Å². The van der Waals surface area contributed by atoms with Crippen LogP contribution >= 0.6 is 15.9 Å². The maximum absolute atomic E-state index is 12.8. The van der Waals surface area contributed by atoms with E-state index in [1.54, 1.807) is 24.3 Å². The van der Waals surface area contributed by atoms with Crippen LogP contribution in [0.15, 0.2) is 59.1 Å². The molecule has 1 heterocycles. The summed E-state index contributed by atoms with van der Waals surface area (Å²) in [6.45, 7) is -0.512. The van der Waals surface area contributed by atoms with Crippen molar-refractivity contribution < 1.29 is 29.0 Å². The number of phenolic OH excluding ortho intramolecular Hbond substituents is 1. The predicted molar refractivity (Wildman–Crippen MR) is 115 cm³/mol. The molecule has 158 valence electrons. The monoisotopic (exact) mass is 483 g/mol. The summed E-state index contributed by atoms with van der Waals surface area (Å²) < 4.78 is 5.87. The van der Waals surface area contributed by atoms with E-state index in [0.29, 0.717) is 18.4 Å². The molecule has 1 fully saturated rings. The van der Waals surface area contributed by atoms with E-state index in [9.17, 15) is 24.3 Å². The first kappa shape index (κ1) is 21.0. The second-order valence-corrected chi connectivity index (χ2v) is 8.29. The zero-order valence-electron chi connectivity index (χ0n) is 16.3. The molecule has 0 saturated carbocycles. The molecule has 0 bridgehead atoms. The van der Waals surface area contributed by atoms with Crippen molar-refractivity contribution in [1.82, 2.24) is 0 Å². The van der Waals surface area contributed by atoms with Gasteiger partial charge in [-0.15, -0.1) is 0 Å². The number of benzene rings is 2. The van der Waals surface area contributed by atoms with E-state index in [0.717, 1.165) is 9.37 Å². The summed E-state index contributed by atoms with van der Waals surface area (Å²) in [7, 11) is 0. The Hall–Kier alpha value is -3.26. The van der Waals surface area contributed by atoms with Crippen LogP contribution in [0.3, 0.4) is 0 Å². The van der Waals surface area contributed by atoms with Gasteiger partial charge >= 0.3 is 5.97 Å². The molecule has 2 amide bonds. The summed E-state index contributed by atoms with van der Waals surface area (Å²) in [6.07, 6.45) is 4.77. The van der Waals surface area contributed by atoms with Gasteiger partial charge in [0, 0.05) is 10.0 Å². The summed E-state index contributed by atoms with van der Waals surface area (Å²) in [5.41, 5.74) is 0.335. The summed E-state index contributed by atoms with van der Waals surface area (Å²) in [5.74, 6) is -3.18. The Morgan fingerprint density at radius 2 is 1.61 bits per heavy atom. The Morgan fingerprint density at radius 3 is 2.23 bits per heavy atom. The molecular weight excluding hydrogens is 466 g/mol. The van der Waals surface area contributed by atoms with Crippen molar-refractivity contribution >= 4 is 45.2 Å². The molecule has 2 aromatic carbocycles. The van der Waals surface area contributed by atoms with Crippen molar-refractivity contribution in [2.24, 2.45) is 11.8 Å². The van der Waals surface area contributed by atoms with Gasteiger partial charge in [0.05, 0.1) is 17.5 Å². The van der Waals surface area contributed by atoms with Crippen LogP contribution in [0.25, 0.3) is 0 Å². The van der Waals surface area contributed by atoms with Gasteiger partial charge in [-0.3, -0.25) is 19.3 Å². The number of hydrogen-bond donors (Lipinski definition) is 1. The fourth-order valence-corrected chi connectivity index (χ4v) is 4.07. The van der Waals surface area contributed by atoms with E-state index in [-0.39, 0.29) is 28.8 Å². The first-order valence-corrected chi connectivity index (χ1v) is 10.5. The minimum absolute atomic E-state index is 0.188. The minimum Gasteiger partial charge on any atom is -0.507 e. The van der Waals surface area contributed by atoms with Gasteiger partial charge in [-0.2, -0.15) is 0 Å². The Bertz CT molecular complexity index is 1080. The molecule has 0 aromatic heterocycles. The number of imide groups is 1. The molecule has 0 spiro atoms. The molecule has 1 N–H and O–H groups in total. The molecule has 1 saturated heterocycles. The van der Waals surface area contributed by atoms with Crippen LogP contribution in [0.4, 0.5) is 5.69 Å². The van der Waals surface area contributed by atoms with Gasteiger partial charge in [-0.25, -0.2) is 4.79 Å². The Kier molecular flexibility index (Phi) is 5.73. The highest BCUT2D eigenvalue weighted by Crippen LogP contribution is 2.38. The topological polar surface area (TPSA) is 101 Å². The number of halogens is 1. The summed E-state index contributed by atoms with van der Waals surface area (Å²) in [6, 6.07) is 10.4. The largest absolute Gasteiger partial charge is 0.507 e. The molecule has 0 radical (unpaired) electrons. The molecule has 8 heteroatoms. The maximum Gasteiger partial charge on any atom is 0.342 e. The standard InChI is InChI=1S/C23H18BrNO6/c24-14-7-5-13(6-8-14)20(27)12-31-23(30)18-11-15(9-10-19(18)26)25-21(28)16-3-1-2-4-17(16)22(25)29/h1-2,5-11,16-17,26H,3-4,12H2/t16-,17+. The maximum atomic E-state index is 12.8. The van der Waals surface area contributed by atoms with Gasteiger partial charge in [0.2, 0.25) is 11.8 Å². The average molecular weight is 484 g/mol. The number of ketones is 1. The molecule has 31 heavy (non-hydrogen) atoms. The zero-order chi connectivity index (χ0) is 22.1. The van der Waals surface area contributed by atoms with Gasteiger partial charge in [-0.1, -0.05) is 40.2 Å². The third kappa shape index (κ3) is 4.03. The number of esters is 1. The lowest BCUT2D eigenvalue weighted by atomic mass is 9.85. The van der Waals surface area contributed by atoms with E-state index in [1.807, 2.05) is 12.2 Å². The number of anilines is 1. The highest BCUT2D eigenvalue weighted by molar-refractivity contribution is 9.10. The number of nitrogens with zero attached hydrogens (tertiary/aromatic N) is 1. The fourth-order valence-electron chi connectivity index (χ4n) is 3.81. The number of carbonyl (C=O) groups excluding carboxylic acids is 4. The van der Waals surface area contributed by atoms with Crippen molar-refractivity contribution in [1.29, 1.82) is 0 Å². The number of phenols is 1. The molecule has 0 unspecified atom stereocenters. The van der Waals surface area contributed by atoms with Gasteiger partial charge < -0.3 is 9.84 Å². The van der Waals surface area contributed by atoms with Crippen molar-refractivity contribution in [3.05, 3.63) is 70.2 Å². The third-order valence-electron chi connectivity index (χ3n) is 5.47. The molecule has 7 nitrogen and oxygen atoms in total. The number of hydrogen-bond acceptors (Lipinski definition) is 6. The lowest BCUT2D eigenvalue weighted by Crippen LogP contribution is -2.31. The number of carbonyl (C=O) groups is 4. The molecule has 4 rings (SSSR count). The van der Waals surface area contributed by atoms with Crippen LogP contribution < -0.4 is 4.90 Å². The van der Waals surface area contributed by atoms with Crippen LogP contribution in [0.2, 0.25) is 0 Å². The number of amides is 2. The van der Waals surface area contributed by atoms with E-state index in [2.05, 4.69) is 15.9 Å². The van der Waals surface area contributed by atoms with Gasteiger partial charge in [0.1, 0.15) is 11.3 Å². The molecular formula is C23H18BrNO6. The Balaban J connectivity index is 1.50. The van der Waals surface area contributed by atoms with Crippen molar-refractivity contribution in [2.75, 3.05) is 11.5 Å². The highest BCUT2D eigenvalue weighted by Gasteiger charge is 2.48. The number of aromatic hydroxyl groups is 1. The summed E-state index contributed by atoms with van der Waals surface area (Å²) >= 11 is 3.28. The lowest BCUT2D eigenvalue weighted by Gasteiger charge is -2.16. The van der Waals surface area contributed by atoms with E-state index < -0.39 is 30.2 Å².